The summed E-state index contributed by atoms with van der Waals surface area (Å²) in [6, 6.07) is 0. The predicted octanol–water partition coefficient (Wildman–Crippen LogP) is 0.749. The standard InChI is InChI=1S/C9H17N3O2/c1-9(2,3)8-11-7(14-12-8)6(13)4-5-10/h6,13H,4-5,10H2,1-3H3/t6-/m0/s1. The average molecular weight is 199 g/mol. The molecule has 14 heavy (non-hydrogen) atoms. The Labute approximate surface area is 83.3 Å². The van der Waals surface area contributed by atoms with Gasteiger partial charge in [-0.15, -0.1) is 0 Å². The number of hydrogen-bond donors (Lipinski definition) is 2. The average Bonchev–Trinajstić information content (AvgIpc) is 2.51. The van der Waals surface area contributed by atoms with Gasteiger partial charge in [-0.1, -0.05) is 25.9 Å². The molecule has 0 radical (unpaired) electrons. The van der Waals surface area contributed by atoms with E-state index in [-0.39, 0.29) is 11.3 Å². The Morgan fingerprint density at radius 2 is 2.14 bits per heavy atom. The summed E-state index contributed by atoms with van der Waals surface area (Å²) in [7, 11) is 0. The van der Waals surface area contributed by atoms with Gasteiger partial charge in [0.2, 0.25) is 0 Å². The number of rotatable bonds is 3. The zero-order valence-electron chi connectivity index (χ0n) is 8.82. The lowest BCUT2D eigenvalue weighted by atomic mass is 9.96. The molecule has 0 saturated heterocycles. The molecular formula is C9H17N3O2. The fraction of sp³-hybridized carbons (Fsp3) is 0.778. The fourth-order valence-corrected chi connectivity index (χ4v) is 0.957. The van der Waals surface area contributed by atoms with E-state index in [1.807, 2.05) is 20.8 Å². The second-order valence-electron chi connectivity index (χ2n) is 4.30. The number of nitrogens with zero attached hydrogens (tertiary/aromatic N) is 2. The number of aliphatic hydroxyl groups excluding tert-OH is 1. The van der Waals surface area contributed by atoms with Crippen molar-refractivity contribution in [2.24, 2.45) is 5.73 Å². The van der Waals surface area contributed by atoms with Crippen LogP contribution >= 0.6 is 0 Å². The van der Waals surface area contributed by atoms with E-state index >= 15 is 0 Å². The number of aromatic nitrogens is 2. The third-order valence-corrected chi connectivity index (χ3v) is 1.84. The number of aliphatic hydroxyl groups is 1. The lowest BCUT2D eigenvalue weighted by Crippen LogP contribution is -2.14. The molecule has 0 fully saturated rings. The first-order valence-electron chi connectivity index (χ1n) is 4.67. The van der Waals surface area contributed by atoms with Crippen molar-refractivity contribution in [1.82, 2.24) is 10.1 Å². The molecule has 0 bridgehead atoms. The molecule has 1 heterocycles. The van der Waals surface area contributed by atoms with E-state index in [0.717, 1.165) is 0 Å². The molecule has 1 rings (SSSR count). The minimum atomic E-state index is -0.747. The first kappa shape index (κ1) is 11.1. The molecule has 0 aliphatic heterocycles. The topological polar surface area (TPSA) is 85.2 Å². The first-order valence-corrected chi connectivity index (χ1v) is 4.67. The van der Waals surface area contributed by atoms with Crippen molar-refractivity contribution in [3.05, 3.63) is 11.7 Å². The lowest BCUT2D eigenvalue weighted by Gasteiger charge is -2.11. The van der Waals surface area contributed by atoms with Gasteiger partial charge in [-0.2, -0.15) is 4.98 Å². The van der Waals surface area contributed by atoms with Crippen molar-refractivity contribution in [3.63, 3.8) is 0 Å². The maximum Gasteiger partial charge on any atom is 0.255 e. The van der Waals surface area contributed by atoms with Crippen LogP contribution in [0.1, 0.15) is 45.0 Å². The Balaban J connectivity index is 2.78. The molecular weight excluding hydrogens is 182 g/mol. The van der Waals surface area contributed by atoms with Gasteiger partial charge >= 0.3 is 0 Å². The molecule has 5 heteroatoms. The zero-order valence-corrected chi connectivity index (χ0v) is 8.82. The third-order valence-electron chi connectivity index (χ3n) is 1.84. The normalized spacial score (nSPS) is 14.4. The van der Waals surface area contributed by atoms with Crippen molar-refractivity contribution >= 4 is 0 Å². The zero-order chi connectivity index (χ0) is 10.8. The predicted molar refractivity (Wildman–Crippen MR) is 51.6 cm³/mol. The summed E-state index contributed by atoms with van der Waals surface area (Å²) in [6.07, 6.45) is -0.310. The van der Waals surface area contributed by atoms with E-state index in [1.54, 1.807) is 0 Å². The number of nitrogens with two attached hydrogens (primary N) is 1. The highest BCUT2D eigenvalue weighted by atomic mass is 16.5. The van der Waals surface area contributed by atoms with Crippen LogP contribution in [0.15, 0.2) is 4.52 Å². The molecule has 0 aliphatic rings. The van der Waals surface area contributed by atoms with Crippen molar-refractivity contribution in [1.29, 1.82) is 0 Å². The highest BCUT2D eigenvalue weighted by Gasteiger charge is 2.23. The Kier molecular flexibility index (Phi) is 3.23. The molecule has 0 saturated carbocycles. The van der Waals surface area contributed by atoms with Crippen LogP contribution in [-0.2, 0) is 5.41 Å². The Bertz CT molecular complexity index is 290. The molecule has 0 spiro atoms. The second-order valence-corrected chi connectivity index (χ2v) is 4.30. The Hall–Kier alpha value is -0.940. The molecule has 80 valence electrons. The highest BCUT2D eigenvalue weighted by Crippen LogP contribution is 2.21. The summed E-state index contributed by atoms with van der Waals surface area (Å²) in [6.45, 7) is 6.35. The molecule has 5 nitrogen and oxygen atoms in total. The van der Waals surface area contributed by atoms with Crippen LogP contribution in [0.2, 0.25) is 0 Å². The van der Waals surface area contributed by atoms with Gasteiger partial charge in [-0.05, 0) is 13.0 Å². The van der Waals surface area contributed by atoms with Gasteiger partial charge < -0.3 is 15.4 Å². The van der Waals surface area contributed by atoms with Gasteiger partial charge in [-0.3, -0.25) is 0 Å². The molecule has 0 amide bonds. The molecule has 3 N–H and O–H groups in total. The maximum absolute atomic E-state index is 9.52. The second kappa shape index (κ2) is 4.06. The highest BCUT2D eigenvalue weighted by molar-refractivity contribution is 5.01. The van der Waals surface area contributed by atoms with Crippen LogP contribution in [-0.4, -0.2) is 21.8 Å². The van der Waals surface area contributed by atoms with Crippen LogP contribution in [0.4, 0.5) is 0 Å². The van der Waals surface area contributed by atoms with Gasteiger partial charge in [0, 0.05) is 5.41 Å². The van der Waals surface area contributed by atoms with Crippen LogP contribution in [0.5, 0.6) is 0 Å². The summed E-state index contributed by atoms with van der Waals surface area (Å²) < 4.78 is 4.94. The van der Waals surface area contributed by atoms with Gasteiger partial charge in [-0.25, -0.2) is 0 Å². The van der Waals surface area contributed by atoms with Gasteiger partial charge in [0.15, 0.2) is 5.82 Å². The van der Waals surface area contributed by atoms with Crippen molar-refractivity contribution < 1.29 is 9.63 Å². The Morgan fingerprint density at radius 1 is 1.50 bits per heavy atom. The maximum atomic E-state index is 9.52. The van der Waals surface area contributed by atoms with Crippen molar-refractivity contribution in [2.45, 2.75) is 38.7 Å². The molecule has 1 aromatic heterocycles. The van der Waals surface area contributed by atoms with Gasteiger partial charge in [0.05, 0.1) is 0 Å². The SMILES string of the molecule is CC(C)(C)c1noc([C@@H](O)CCN)n1. The summed E-state index contributed by atoms with van der Waals surface area (Å²) in [5, 5.41) is 13.3. The van der Waals surface area contributed by atoms with Crippen molar-refractivity contribution in [3.8, 4) is 0 Å². The molecule has 1 aromatic rings. The minimum absolute atomic E-state index is 0.163. The van der Waals surface area contributed by atoms with E-state index in [9.17, 15) is 5.11 Å². The fourth-order valence-electron chi connectivity index (χ4n) is 0.957. The van der Waals surface area contributed by atoms with E-state index in [2.05, 4.69) is 10.1 Å². The molecule has 0 aromatic carbocycles. The largest absolute Gasteiger partial charge is 0.383 e. The smallest absolute Gasteiger partial charge is 0.255 e. The van der Waals surface area contributed by atoms with E-state index in [1.165, 1.54) is 0 Å². The molecule has 0 unspecified atom stereocenters. The lowest BCUT2D eigenvalue weighted by molar-refractivity contribution is 0.127. The van der Waals surface area contributed by atoms with Gasteiger partial charge in [0.25, 0.3) is 5.89 Å². The minimum Gasteiger partial charge on any atom is -0.383 e. The number of hydrogen-bond acceptors (Lipinski definition) is 5. The summed E-state index contributed by atoms with van der Waals surface area (Å²) in [5.41, 5.74) is 5.15. The summed E-state index contributed by atoms with van der Waals surface area (Å²) in [5.74, 6) is 0.851. The Morgan fingerprint density at radius 3 is 2.57 bits per heavy atom. The van der Waals surface area contributed by atoms with Gasteiger partial charge in [0.1, 0.15) is 6.10 Å². The quantitative estimate of drug-likeness (QED) is 0.750. The monoisotopic (exact) mass is 199 g/mol. The van der Waals surface area contributed by atoms with E-state index in [4.69, 9.17) is 10.3 Å². The van der Waals surface area contributed by atoms with Crippen molar-refractivity contribution in [2.75, 3.05) is 6.54 Å². The summed E-state index contributed by atoms with van der Waals surface area (Å²) in [4.78, 5) is 4.12. The molecule has 1 atom stereocenters. The molecule has 0 aliphatic carbocycles. The summed E-state index contributed by atoms with van der Waals surface area (Å²) >= 11 is 0. The van der Waals surface area contributed by atoms with Crippen LogP contribution < -0.4 is 5.73 Å². The van der Waals surface area contributed by atoms with E-state index in [0.29, 0.717) is 18.8 Å². The van der Waals surface area contributed by atoms with E-state index < -0.39 is 6.10 Å². The van der Waals surface area contributed by atoms with Crippen LogP contribution in [0.3, 0.4) is 0 Å². The van der Waals surface area contributed by atoms with Crippen LogP contribution in [0, 0.1) is 0 Å². The first-order chi connectivity index (χ1) is 6.45. The van der Waals surface area contributed by atoms with Crippen LogP contribution in [0.25, 0.3) is 0 Å². The third kappa shape index (κ3) is 2.52.